The minimum Gasteiger partial charge on any atom is -0.380 e. The summed E-state index contributed by atoms with van der Waals surface area (Å²) in [6.45, 7) is 4.60. The van der Waals surface area contributed by atoms with Gasteiger partial charge in [-0.25, -0.2) is 4.79 Å². The van der Waals surface area contributed by atoms with Gasteiger partial charge in [-0.3, -0.25) is 4.79 Å². The number of hydrogen-bond donors (Lipinski definition) is 2. The lowest BCUT2D eigenvalue weighted by molar-refractivity contribution is -0.119. The van der Waals surface area contributed by atoms with Crippen LogP contribution in [0.15, 0.2) is 42.5 Å². The van der Waals surface area contributed by atoms with E-state index >= 15 is 0 Å². The Balaban J connectivity index is 1.47. The number of benzene rings is 2. The Morgan fingerprint density at radius 1 is 1.06 bits per heavy atom. The maximum absolute atomic E-state index is 13.2. The molecule has 1 saturated heterocycles. The van der Waals surface area contributed by atoms with Crippen molar-refractivity contribution in [2.24, 2.45) is 0 Å². The molecule has 172 valence electrons. The molecular formula is C25H31BN4O3. The highest BCUT2D eigenvalue weighted by atomic mass is 16.5. The number of ether oxygens (including phenoxy) is 1. The molecule has 2 aromatic carbocycles. The second-order valence-corrected chi connectivity index (χ2v) is 9.13. The minimum absolute atomic E-state index is 0.193. The van der Waals surface area contributed by atoms with E-state index in [1.807, 2.05) is 6.07 Å². The molecule has 2 heterocycles. The number of methoxy groups -OCH3 is 1. The molecule has 0 aromatic heterocycles. The number of carbonyl (C=O) groups is 2. The van der Waals surface area contributed by atoms with Crippen molar-refractivity contribution in [3.63, 3.8) is 0 Å². The molecule has 2 N–H and O–H groups in total. The predicted molar refractivity (Wildman–Crippen MR) is 131 cm³/mol. The zero-order valence-corrected chi connectivity index (χ0v) is 19.5. The van der Waals surface area contributed by atoms with Crippen LogP contribution in [-0.4, -0.2) is 75.5 Å². The topological polar surface area (TPSA) is 73.9 Å². The van der Waals surface area contributed by atoms with E-state index in [-0.39, 0.29) is 18.0 Å². The van der Waals surface area contributed by atoms with Crippen molar-refractivity contribution in [2.75, 3.05) is 44.4 Å². The van der Waals surface area contributed by atoms with Crippen molar-refractivity contribution < 1.29 is 14.3 Å². The van der Waals surface area contributed by atoms with E-state index in [2.05, 4.69) is 41.6 Å². The molecule has 0 bridgehead atoms. The number of amides is 3. The van der Waals surface area contributed by atoms with Gasteiger partial charge in [-0.2, -0.15) is 0 Å². The Bertz CT molecular complexity index is 1010. The number of carbonyl (C=O) groups excluding carboxylic acids is 2. The summed E-state index contributed by atoms with van der Waals surface area (Å²) in [6.07, 6.45) is 1.21. The van der Waals surface area contributed by atoms with E-state index in [1.54, 1.807) is 36.3 Å². The zero-order valence-electron chi connectivity index (χ0n) is 19.5. The van der Waals surface area contributed by atoms with Crippen LogP contribution in [0.25, 0.3) is 0 Å². The normalized spacial score (nSPS) is 23.0. The second-order valence-electron chi connectivity index (χ2n) is 9.13. The molecule has 7 nitrogen and oxygen atoms in total. The lowest BCUT2D eigenvalue weighted by Crippen LogP contribution is -2.45. The van der Waals surface area contributed by atoms with Crippen molar-refractivity contribution in [3.05, 3.63) is 53.6 Å². The SMILES string of the molecule is [B]c1ccc(NC(=O)N2CC(OC)CC2C(=O)Nc2ccc3c(c2)CCN(C)CC3C)cc1. The van der Waals surface area contributed by atoms with Crippen molar-refractivity contribution in [1.29, 1.82) is 0 Å². The number of likely N-dealkylation sites (N-methyl/N-ethyl adjacent to an activating group) is 1. The molecule has 2 aromatic rings. The van der Waals surface area contributed by atoms with Crippen molar-refractivity contribution >= 4 is 36.6 Å². The van der Waals surface area contributed by atoms with Gasteiger partial charge >= 0.3 is 6.03 Å². The molecule has 3 unspecified atom stereocenters. The molecule has 0 aliphatic carbocycles. The number of anilines is 2. The fraction of sp³-hybridized carbons (Fsp3) is 0.440. The van der Waals surface area contributed by atoms with Gasteiger partial charge in [0.25, 0.3) is 0 Å². The van der Waals surface area contributed by atoms with Gasteiger partial charge in [0.15, 0.2) is 0 Å². The Kier molecular flexibility index (Phi) is 7.05. The number of hydrogen-bond acceptors (Lipinski definition) is 4. The van der Waals surface area contributed by atoms with Crippen LogP contribution in [0.5, 0.6) is 0 Å². The average Bonchev–Trinajstić information content (AvgIpc) is 3.18. The second kappa shape index (κ2) is 9.97. The Morgan fingerprint density at radius 3 is 2.52 bits per heavy atom. The lowest BCUT2D eigenvalue weighted by Gasteiger charge is -2.24. The Labute approximate surface area is 196 Å². The smallest absolute Gasteiger partial charge is 0.322 e. The Hall–Kier alpha value is -2.84. The summed E-state index contributed by atoms with van der Waals surface area (Å²) in [7, 11) is 9.46. The summed E-state index contributed by atoms with van der Waals surface area (Å²) in [5.41, 5.74) is 4.60. The lowest BCUT2D eigenvalue weighted by atomic mass is 9.95. The fourth-order valence-electron chi connectivity index (χ4n) is 4.78. The highest BCUT2D eigenvalue weighted by Crippen LogP contribution is 2.28. The predicted octanol–water partition coefficient (Wildman–Crippen LogP) is 2.33. The maximum atomic E-state index is 13.2. The van der Waals surface area contributed by atoms with Crippen LogP contribution in [0, 0.1) is 0 Å². The highest BCUT2D eigenvalue weighted by Gasteiger charge is 2.40. The number of nitrogens with zero attached hydrogens (tertiary/aromatic N) is 2. The molecule has 1 fully saturated rings. The van der Waals surface area contributed by atoms with Crippen LogP contribution >= 0.6 is 0 Å². The molecule has 3 amide bonds. The summed E-state index contributed by atoms with van der Waals surface area (Å²) in [5, 5.41) is 5.89. The summed E-state index contributed by atoms with van der Waals surface area (Å²) in [5.74, 6) is 0.239. The van der Waals surface area contributed by atoms with E-state index in [4.69, 9.17) is 12.6 Å². The molecule has 4 rings (SSSR count). The van der Waals surface area contributed by atoms with Crippen LogP contribution in [0.1, 0.15) is 30.4 Å². The standard InChI is InChI=1S/C25H31BN4O3/c1-16-14-29(2)11-10-17-12-20(8-9-22(16)17)27-24(31)23-13-21(33-3)15-30(23)25(32)28-19-6-4-18(26)5-7-19/h4-9,12,16,21,23H,10-11,13-15H2,1-3H3,(H,27,31)(H,28,32). The first-order valence-corrected chi connectivity index (χ1v) is 11.4. The highest BCUT2D eigenvalue weighted by molar-refractivity contribution is 6.32. The third-order valence-corrected chi connectivity index (χ3v) is 6.61. The van der Waals surface area contributed by atoms with Gasteiger partial charge < -0.3 is 25.2 Å². The zero-order chi connectivity index (χ0) is 23.5. The van der Waals surface area contributed by atoms with E-state index in [0.29, 0.717) is 30.0 Å². The monoisotopic (exact) mass is 446 g/mol. The summed E-state index contributed by atoms with van der Waals surface area (Å²) >= 11 is 0. The molecule has 0 saturated carbocycles. The molecule has 0 spiro atoms. The Morgan fingerprint density at radius 2 is 1.79 bits per heavy atom. The number of urea groups is 1. The molecular weight excluding hydrogens is 415 g/mol. The molecule has 2 radical (unpaired) electrons. The number of fused-ring (bicyclic) bond motifs is 1. The van der Waals surface area contributed by atoms with Crippen molar-refractivity contribution in [2.45, 2.75) is 37.8 Å². The van der Waals surface area contributed by atoms with Gasteiger partial charge in [0.1, 0.15) is 13.9 Å². The quantitative estimate of drug-likeness (QED) is 0.708. The van der Waals surface area contributed by atoms with E-state index in [9.17, 15) is 9.59 Å². The van der Waals surface area contributed by atoms with Gasteiger partial charge in [-0.1, -0.05) is 30.6 Å². The van der Waals surface area contributed by atoms with E-state index in [1.165, 1.54) is 11.1 Å². The third kappa shape index (κ3) is 5.39. The molecule has 8 heteroatoms. The van der Waals surface area contributed by atoms with Crippen molar-refractivity contribution in [3.8, 4) is 0 Å². The average molecular weight is 446 g/mol. The molecule has 33 heavy (non-hydrogen) atoms. The summed E-state index contributed by atoms with van der Waals surface area (Å²) < 4.78 is 5.48. The van der Waals surface area contributed by atoms with Crippen LogP contribution < -0.4 is 16.1 Å². The number of nitrogens with one attached hydrogen (secondary N) is 2. The minimum atomic E-state index is -0.618. The van der Waals surface area contributed by atoms with Crippen LogP contribution in [-0.2, 0) is 16.0 Å². The van der Waals surface area contributed by atoms with Crippen molar-refractivity contribution in [1.82, 2.24) is 9.80 Å². The maximum Gasteiger partial charge on any atom is 0.322 e. The van der Waals surface area contributed by atoms with E-state index in [0.717, 1.165) is 25.2 Å². The largest absolute Gasteiger partial charge is 0.380 e. The summed E-state index contributed by atoms with van der Waals surface area (Å²) in [6, 6.07) is 12.1. The first-order valence-electron chi connectivity index (χ1n) is 11.4. The van der Waals surface area contributed by atoms with E-state index < -0.39 is 6.04 Å². The van der Waals surface area contributed by atoms with Gasteiger partial charge in [-0.05, 0) is 54.8 Å². The molecule has 3 atom stereocenters. The van der Waals surface area contributed by atoms with Gasteiger partial charge in [0, 0.05) is 44.5 Å². The number of likely N-dealkylation sites (tertiary alicyclic amines) is 1. The van der Waals surface area contributed by atoms with Crippen LogP contribution in [0.2, 0.25) is 0 Å². The first kappa shape index (κ1) is 23.3. The molecule has 2 aliphatic rings. The summed E-state index contributed by atoms with van der Waals surface area (Å²) in [4.78, 5) is 30.1. The van der Waals surface area contributed by atoms with Gasteiger partial charge in [0.2, 0.25) is 5.91 Å². The third-order valence-electron chi connectivity index (χ3n) is 6.61. The van der Waals surface area contributed by atoms with Gasteiger partial charge in [0.05, 0.1) is 6.10 Å². The fourth-order valence-corrected chi connectivity index (χ4v) is 4.78. The molecule has 2 aliphatic heterocycles. The first-order chi connectivity index (χ1) is 15.8. The van der Waals surface area contributed by atoms with Crippen LogP contribution in [0.4, 0.5) is 16.2 Å². The van der Waals surface area contributed by atoms with Gasteiger partial charge in [-0.15, -0.1) is 0 Å². The van der Waals surface area contributed by atoms with Crippen LogP contribution in [0.3, 0.4) is 0 Å². The number of rotatable bonds is 4.